The van der Waals surface area contributed by atoms with Crippen molar-refractivity contribution >= 4 is 27.1 Å². The molecule has 7 heteroatoms. The van der Waals surface area contributed by atoms with Crippen LogP contribution < -0.4 is 0 Å². The number of sulfone groups is 1. The zero-order valence-electron chi connectivity index (χ0n) is 12.4. The fraction of sp³-hybridized carbons (Fsp3) is 0.200. The molecule has 5 nitrogen and oxygen atoms in total. The topological polar surface area (TPSA) is 64.3 Å². The van der Waals surface area contributed by atoms with Crippen molar-refractivity contribution < 1.29 is 8.42 Å². The first-order chi connectivity index (χ1) is 10.4. The van der Waals surface area contributed by atoms with Gasteiger partial charge >= 0.3 is 0 Å². The van der Waals surface area contributed by atoms with E-state index in [1.165, 1.54) is 6.26 Å². The average molecular weight is 333 g/mol. The third-order valence-corrected chi connectivity index (χ3v) is 5.26. The monoisotopic (exact) mass is 333 g/mol. The summed E-state index contributed by atoms with van der Waals surface area (Å²) in [4.78, 5) is 9.13. The first kappa shape index (κ1) is 15.1. The molecule has 0 aliphatic rings. The number of nitrogens with zero attached hydrogens (tertiary/aromatic N) is 3. The molecule has 3 aromatic rings. The lowest BCUT2D eigenvalue weighted by Gasteiger charge is -2.11. The Morgan fingerprint density at radius 3 is 2.45 bits per heavy atom. The second-order valence-electron chi connectivity index (χ2n) is 5.00. The number of aryl methyl sites for hydroxylation is 1. The Morgan fingerprint density at radius 2 is 1.86 bits per heavy atom. The zero-order chi connectivity index (χ0) is 15.9. The van der Waals surface area contributed by atoms with Gasteiger partial charge in [0.15, 0.2) is 15.0 Å². The molecule has 0 aliphatic carbocycles. The van der Waals surface area contributed by atoms with E-state index in [-0.39, 0.29) is 0 Å². The van der Waals surface area contributed by atoms with E-state index in [0.717, 1.165) is 27.5 Å². The largest absolute Gasteiger partial charge is 0.277 e. The highest BCUT2D eigenvalue weighted by Crippen LogP contribution is 2.30. The summed E-state index contributed by atoms with van der Waals surface area (Å²) in [6.07, 6.45) is 6.72. The SMILES string of the molecule is CSc1nc(C)c(-c2ccc(S(C)(=O)=O)cc2)c2cncn12. The quantitative estimate of drug-likeness (QED) is 0.545. The third-order valence-electron chi connectivity index (χ3n) is 3.48. The van der Waals surface area contributed by atoms with Crippen molar-refractivity contribution in [3.05, 3.63) is 42.5 Å². The van der Waals surface area contributed by atoms with Crippen LogP contribution in [0.2, 0.25) is 0 Å². The molecule has 114 valence electrons. The van der Waals surface area contributed by atoms with Crippen LogP contribution in [0.15, 0.2) is 46.8 Å². The molecule has 3 rings (SSSR count). The normalized spacial score (nSPS) is 12.0. The summed E-state index contributed by atoms with van der Waals surface area (Å²) in [6, 6.07) is 6.87. The van der Waals surface area contributed by atoms with E-state index in [1.54, 1.807) is 36.4 Å². The average Bonchev–Trinajstić information content (AvgIpc) is 2.94. The summed E-state index contributed by atoms with van der Waals surface area (Å²) in [7, 11) is -3.19. The van der Waals surface area contributed by atoms with Crippen molar-refractivity contribution in [3.63, 3.8) is 0 Å². The zero-order valence-corrected chi connectivity index (χ0v) is 14.1. The first-order valence-electron chi connectivity index (χ1n) is 6.59. The maximum Gasteiger partial charge on any atom is 0.175 e. The number of hydrogen-bond acceptors (Lipinski definition) is 5. The van der Waals surface area contributed by atoms with Crippen molar-refractivity contribution in [3.8, 4) is 11.1 Å². The van der Waals surface area contributed by atoms with Gasteiger partial charge in [0.2, 0.25) is 0 Å². The van der Waals surface area contributed by atoms with Gasteiger partial charge in [-0.25, -0.2) is 18.4 Å². The lowest BCUT2D eigenvalue weighted by molar-refractivity contribution is 0.602. The minimum absolute atomic E-state index is 0.312. The van der Waals surface area contributed by atoms with E-state index in [2.05, 4.69) is 9.97 Å². The van der Waals surface area contributed by atoms with Crippen LogP contribution in [0.5, 0.6) is 0 Å². The molecule has 0 radical (unpaired) electrons. The molecule has 0 fully saturated rings. The number of benzene rings is 1. The number of aromatic nitrogens is 3. The lowest BCUT2D eigenvalue weighted by atomic mass is 10.0. The Bertz CT molecular complexity index is 945. The molecule has 0 saturated heterocycles. The first-order valence-corrected chi connectivity index (χ1v) is 9.70. The standard InChI is InChI=1S/C15H15N3O2S2/c1-10-14(11-4-6-12(7-5-11)22(3,19)20)13-8-16-9-18(13)15(17-10)21-2/h4-9H,1-3H3. The van der Waals surface area contributed by atoms with Gasteiger partial charge in [0.1, 0.15) is 6.33 Å². The van der Waals surface area contributed by atoms with E-state index >= 15 is 0 Å². The van der Waals surface area contributed by atoms with Gasteiger partial charge in [-0.05, 0) is 30.9 Å². The van der Waals surface area contributed by atoms with E-state index in [1.807, 2.05) is 29.7 Å². The van der Waals surface area contributed by atoms with Crippen LogP contribution in [0.4, 0.5) is 0 Å². The van der Waals surface area contributed by atoms with E-state index in [9.17, 15) is 8.42 Å². The van der Waals surface area contributed by atoms with Crippen LogP contribution in [0.1, 0.15) is 5.69 Å². The molecule has 0 aliphatic heterocycles. The second kappa shape index (κ2) is 5.40. The van der Waals surface area contributed by atoms with Gasteiger partial charge in [0.05, 0.1) is 22.3 Å². The van der Waals surface area contributed by atoms with Gasteiger partial charge in [0.25, 0.3) is 0 Å². The van der Waals surface area contributed by atoms with Crippen LogP contribution >= 0.6 is 11.8 Å². The smallest absolute Gasteiger partial charge is 0.175 e. The lowest BCUT2D eigenvalue weighted by Crippen LogP contribution is -2.00. The molecule has 2 aromatic heterocycles. The van der Waals surface area contributed by atoms with Crippen molar-refractivity contribution in [1.29, 1.82) is 0 Å². The molecule has 22 heavy (non-hydrogen) atoms. The molecule has 0 N–H and O–H groups in total. The molecule has 0 spiro atoms. The predicted molar refractivity (Wildman–Crippen MR) is 88.1 cm³/mol. The molecule has 0 atom stereocenters. The second-order valence-corrected chi connectivity index (χ2v) is 7.79. The Hall–Kier alpha value is -1.86. The molecule has 2 heterocycles. The number of imidazole rings is 1. The van der Waals surface area contributed by atoms with Crippen molar-refractivity contribution in [2.45, 2.75) is 17.0 Å². The minimum atomic E-state index is -3.19. The van der Waals surface area contributed by atoms with Crippen LogP contribution in [0.3, 0.4) is 0 Å². The summed E-state index contributed by atoms with van der Waals surface area (Å²) in [5.41, 5.74) is 3.75. The molecular formula is C15H15N3O2S2. The minimum Gasteiger partial charge on any atom is -0.277 e. The summed E-state index contributed by atoms with van der Waals surface area (Å²) in [6.45, 7) is 1.95. The number of thioether (sulfide) groups is 1. The number of rotatable bonds is 3. The predicted octanol–water partition coefficient (Wildman–Crippen LogP) is 2.83. The number of hydrogen-bond donors (Lipinski definition) is 0. The third kappa shape index (κ3) is 2.50. The highest BCUT2D eigenvalue weighted by molar-refractivity contribution is 7.98. The molecule has 0 unspecified atom stereocenters. The summed E-state index contributed by atoms with van der Waals surface area (Å²) in [5.74, 6) is 0. The Kier molecular flexibility index (Phi) is 3.70. The van der Waals surface area contributed by atoms with E-state index < -0.39 is 9.84 Å². The Labute approximate surface area is 133 Å². The van der Waals surface area contributed by atoms with Crippen LogP contribution in [0, 0.1) is 6.92 Å². The summed E-state index contributed by atoms with van der Waals surface area (Å²) < 4.78 is 25.1. The highest BCUT2D eigenvalue weighted by atomic mass is 32.2. The van der Waals surface area contributed by atoms with Crippen molar-refractivity contribution in [1.82, 2.24) is 14.4 Å². The van der Waals surface area contributed by atoms with Crippen LogP contribution in [-0.2, 0) is 9.84 Å². The Balaban J connectivity index is 2.22. The summed E-state index contributed by atoms with van der Waals surface area (Å²) >= 11 is 1.56. The molecule has 1 aromatic carbocycles. The fourth-order valence-electron chi connectivity index (χ4n) is 2.44. The van der Waals surface area contributed by atoms with Gasteiger partial charge in [0, 0.05) is 11.8 Å². The van der Waals surface area contributed by atoms with E-state index in [4.69, 9.17) is 0 Å². The van der Waals surface area contributed by atoms with E-state index in [0.29, 0.717) is 4.90 Å². The van der Waals surface area contributed by atoms with Crippen molar-refractivity contribution in [2.24, 2.45) is 0 Å². The van der Waals surface area contributed by atoms with Gasteiger partial charge in [-0.1, -0.05) is 23.9 Å². The Morgan fingerprint density at radius 1 is 1.18 bits per heavy atom. The van der Waals surface area contributed by atoms with Gasteiger partial charge in [-0.2, -0.15) is 0 Å². The van der Waals surface area contributed by atoms with Gasteiger partial charge in [-0.3, -0.25) is 4.40 Å². The maximum atomic E-state index is 11.6. The number of fused-ring (bicyclic) bond motifs is 1. The molecule has 0 saturated carbocycles. The van der Waals surface area contributed by atoms with Crippen LogP contribution in [-0.4, -0.2) is 35.3 Å². The summed E-state index contributed by atoms with van der Waals surface area (Å²) in [5, 5.41) is 0.876. The van der Waals surface area contributed by atoms with Gasteiger partial charge in [-0.15, -0.1) is 0 Å². The molecule has 0 amide bonds. The van der Waals surface area contributed by atoms with Crippen LogP contribution in [0.25, 0.3) is 16.6 Å². The molecule has 0 bridgehead atoms. The van der Waals surface area contributed by atoms with Crippen molar-refractivity contribution in [2.75, 3.05) is 12.5 Å². The maximum absolute atomic E-state index is 11.6. The fourth-order valence-corrected chi connectivity index (χ4v) is 3.64. The molecular weight excluding hydrogens is 318 g/mol. The highest BCUT2D eigenvalue weighted by Gasteiger charge is 2.14. The van der Waals surface area contributed by atoms with Gasteiger partial charge < -0.3 is 0 Å².